The van der Waals surface area contributed by atoms with Crippen molar-refractivity contribution in [3.8, 4) is 22.5 Å². The van der Waals surface area contributed by atoms with Gasteiger partial charge in [0, 0.05) is 17.3 Å². The number of fused-ring (bicyclic) bond motifs is 1. The van der Waals surface area contributed by atoms with Gasteiger partial charge in [-0.05, 0) is 16.7 Å². The van der Waals surface area contributed by atoms with E-state index in [0.29, 0.717) is 0 Å². The van der Waals surface area contributed by atoms with E-state index in [0.717, 1.165) is 6.54 Å². The minimum Gasteiger partial charge on any atom is -0.335 e. The highest BCUT2D eigenvalue weighted by Crippen LogP contribution is 2.39. The van der Waals surface area contributed by atoms with Crippen molar-refractivity contribution >= 4 is 10.8 Å². The van der Waals surface area contributed by atoms with Crippen LogP contribution in [0.15, 0.2) is 115 Å². The SMILES string of the molecule is c1ccc(Cn2c(-c3ccccc3)c3ccccc3c2-c2ccccc2)cc1. The third kappa shape index (κ3) is 2.91. The van der Waals surface area contributed by atoms with Gasteiger partial charge >= 0.3 is 0 Å². The fraction of sp³-hybridized carbons (Fsp3) is 0.0370. The van der Waals surface area contributed by atoms with Crippen LogP contribution in [0.1, 0.15) is 5.56 Å². The van der Waals surface area contributed by atoms with Gasteiger partial charge in [-0.3, -0.25) is 0 Å². The Balaban J connectivity index is 1.85. The maximum absolute atomic E-state index is 2.48. The first kappa shape index (κ1) is 16.6. The van der Waals surface area contributed by atoms with E-state index in [4.69, 9.17) is 0 Å². The average Bonchev–Trinajstić information content (AvgIpc) is 3.09. The molecular weight excluding hydrogens is 338 g/mol. The van der Waals surface area contributed by atoms with Gasteiger partial charge in [0.25, 0.3) is 0 Å². The Labute approximate surface area is 165 Å². The van der Waals surface area contributed by atoms with Crippen molar-refractivity contribution in [2.24, 2.45) is 0 Å². The predicted octanol–water partition coefficient (Wildman–Crippen LogP) is 7.02. The van der Waals surface area contributed by atoms with E-state index in [-0.39, 0.29) is 0 Å². The van der Waals surface area contributed by atoms with Crippen LogP contribution in [0.4, 0.5) is 0 Å². The van der Waals surface area contributed by atoms with Crippen molar-refractivity contribution in [2.75, 3.05) is 0 Å². The molecule has 1 aromatic heterocycles. The van der Waals surface area contributed by atoms with Gasteiger partial charge < -0.3 is 4.57 Å². The topological polar surface area (TPSA) is 4.93 Å². The fourth-order valence-electron chi connectivity index (χ4n) is 4.04. The van der Waals surface area contributed by atoms with Crippen LogP contribution in [-0.4, -0.2) is 4.57 Å². The lowest BCUT2D eigenvalue weighted by atomic mass is 10.0. The molecule has 5 rings (SSSR count). The highest BCUT2D eigenvalue weighted by Gasteiger charge is 2.19. The van der Waals surface area contributed by atoms with Gasteiger partial charge in [0.05, 0.1) is 11.4 Å². The molecule has 1 heterocycles. The zero-order valence-corrected chi connectivity index (χ0v) is 15.6. The first-order chi connectivity index (χ1) is 13.9. The minimum absolute atomic E-state index is 0.837. The molecule has 0 radical (unpaired) electrons. The second-order valence-electron chi connectivity index (χ2n) is 7.05. The molecule has 0 aliphatic rings. The molecule has 0 atom stereocenters. The second kappa shape index (κ2) is 7.21. The van der Waals surface area contributed by atoms with Gasteiger partial charge in [0.2, 0.25) is 0 Å². The third-order valence-corrected chi connectivity index (χ3v) is 5.26. The third-order valence-electron chi connectivity index (χ3n) is 5.26. The quantitative estimate of drug-likeness (QED) is 0.325. The van der Waals surface area contributed by atoms with Crippen LogP contribution in [0.2, 0.25) is 0 Å². The molecule has 134 valence electrons. The standard InChI is InChI=1S/C27H21N/c1-4-12-21(13-5-1)20-28-26(22-14-6-2-7-15-22)24-18-10-11-19-25(24)27(28)23-16-8-3-9-17-23/h1-19H,20H2. The molecule has 0 aliphatic carbocycles. The van der Waals surface area contributed by atoms with Crippen molar-refractivity contribution < 1.29 is 0 Å². The van der Waals surface area contributed by atoms with Crippen LogP contribution < -0.4 is 0 Å². The van der Waals surface area contributed by atoms with E-state index in [9.17, 15) is 0 Å². The zero-order valence-electron chi connectivity index (χ0n) is 15.6. The Bertz CT molecular complexity index is 1130. The average molecular weight is 359 g/mol. The molecule has 0 amide bonds. The highest BCUT2D eigenvalue weighted by molar-refractivity contribution is 6.05. The van der Waals surface area contributed by atoms with Crippen molar-refractivity contribution in [3.63, 3.8) is 0 Å². The normalized spacial score (nSPS) is 11.0. The lowest BCUT2D eigenvalue weighted by Gasteiger charge is -2.15. The molecule has 5 aromatic rings. The lowest BCUT2D eigenvalue weighted by Crippen LogP contribution is -2.04. The smallest absolute Gasteiger partial charge is 0.0568 e. The number of benzene rings is 4. The highest BCUT2D eigenvalue weighted by atomic mass is 15.0. The van der Waals surface area contributed by atoms with Crippen molar-refractivity contribution in [2.45, 2.75) is 6.54 Å². The molecule has 0 saturated carbocycles. The van der Waals surface area contributed by atoms with Crippen LogP contribution in [0.25, 0.3) is 33.3 Å². The number of rotatable bonds is 4. The van der Waals surface area contributed by atoms with Crippen molar-refractivity contribution in [3.05, 3.63) is 121 Å². The molecule has 0 aliphatic heterocycles. The second-order valence-corrected chi connectivity index (χ2v) is 7.05. The largest absolute Gasteiger partial charge is 0.335 e. The maximum Gasteiger partial charge on any atom is 0.0568 e. The van der Waals surface area contributed by atoms with E-state index in [1.165, 1.54) is 38.9 Å². The predicted molar refractivity (Wildman–Crippen MR) is 118 cm³/mol. The monoisotopic (exact) mass is 359 g/mol. The van der Waals surface area contributed by atoms with E-state index >= 15 is 0 Å². The van der Waals surface area contributed by atoms with Gasteiger partial charge in [-0.25, -0.2) is 0 Å². The summed E-state index contributed by atoms with van der Waals surface area (Å²) in [5.74, 6) is 0. The Morgan fingerprint density at radius 2 is 0.821 bits per heavy atom. The van der Waals surface area contributed by atoms with Gasteiger partial charge in [-0.1, -0.05) is 115 Å². The molecule has 1 heteroatoms. The summed E-state index contributed by atoms with van der Waals surface area (Å²) in [5.41, 5.74) is 6.35. The molecular formula is C27H21N. The number of hydrogen-bond donors (Lipinski definition) is 0. The maximum atomic E-state index is 2.48. The molecule has 0 unspecified atom stereocenters. The summed E-state index contributed by atoms with van der Waals surface area (Å²) >= 11 is 0. The molecule has 0 spiro atoms. The number of nitrogens with zero attached hydrogens (tertiary/aromatic N) is 1. The zero-order chi connectivity index (χ0) is 18.8. The van der Waals surface area contributed by atoms with Gasteiger partial charge in [-0.15, -0.1) is 0 Å². The summed E-state index contributed by atoms with van der Waals surface area (Å²) in [6.45, 7) is 0.837. The summed E-state index contributed by atoms with van der Waals surface area (Å²) in [6.07, 6.45) is 0. The summed E-state index contributed by atoms with van der Waals surface area (Å²) in [4.78, 5) is 0. The van der Waals surface area contributed by atoms with Crippen LogP contribution in [-0.2, 0) is 6.54 Å². The van der Waals surface area contributed by atoms with Crippen molar-refractivity contribution in [1.29, 1.82) is 0 Å². The first-order valence-electron chi connectivity index (χ1n) is 9.68. The summed E-state index contributed by atoms with van der Waals surface area (Å²) in [7, 11) is 0. The van der Waals surface area contributed by atoms with Crippen LogP contribution >= 0.6 is 0 Å². The molecule has 1 nitrogen and oxygen atoms in total. The van der Waals surface area contributed by atoms with E-state index in [1.54, 1.807) is 0 Å². The summed E-state index contributed by atoms with van der Waals surface area (Å²) in [6, 6.07) is 40.9. The first-order valence-corrected chi connectivity index (χ1v) is 9.68. The van der Waals surface area contributed by atoms with Gasteiger partial charge in [0.15, 0.2) is 0 Å². The Hall–Kier alpha value is -3.58. The minimum atomic E-state index is 0.837. The van der Waals surface area contributed by atoms with Crippen LogP contribution in [0.3, 0.4) is 0 Å². The molecule has 0 fully saturated rings. The summed E-state index contributed by atoms with van der Waals surface area (Å²) < 4.78 is 2.48. The molecule has 0 N–H and O–H groups in total. The van der Waals surface area contributed by atoms with E-state index in [1.807, 2.05) is 0 Å². The van der Waals surface area contributed by atoms with E-state index < -0.39 is 0 Å². The van der Waals surface area contributed by atoms with Crippen molar-refractivity contribution in [1.82, 2.24) is 4.57 Å². The molecule has 4 aromatic carbocycles. The van der Waals surface area contributed by atoms with Crippen LogP contribution in [0, 0.1) is 0 Å². The van der Waals surface area contributed by atoms with Gasteiger partial charge in [-0.2, -0.15) is 0 Å². The number of hydrogen-bond acceptors (Lipinski definition) is 0. The lowest BCUT2D eigenvalue weighted by molar-refractivity contribution is 0.826. The fourth-order valence-corrected chi connectivity index (χ4v) is 4.04. The Morgan fingerprint density at radius 1 is 0.429 bits per heavy atom. The summed E-state index contributed by atoms with van der Waals surface area (Å²) in [5, 5.41) is 2.59. The van der Waals surface area contributed by atoms with Crippen LogP contribution in [0.5, 0.6) is 0 Å². The Morgan fingerprint density at radius 3 is 1.29 bits per heavy atom. The molecule has 0 saturated heterocycles. The molecule has 0 bridgehead atoms. The number of aromatic nitrogens is 1. The van der Waals surface area contributed by atoms with E-state index in [2.05, 4.69) is 120 Å². The Kier molecular flexibility index (Phi) is 4.27. The molecule has 28 heavy (non-hydrogen) atoms. The van der Waals surface area contributed by atoms with Gasteiger partial charge in [0.1, 0.15) is 0 Å².